The monoisotopic (exact) mass is 156 g/mol. The number of fused-ring (bicyclic) bond motifs is 1. The van der Waals surface area contributed by atoms with Gasteiger partial charge >= 0.3 is 0 Å². The standard InChI is InChI=1S/C8H12O3/c1-5(2-8-7(1)11-8)9-3-6-4-10-6/h5-8H,1-4H2. The van der Waals surface area contributed by atoms with E-state index in [0.717, 1.165) is 26.1 Å². The molecular formula is C8H12O3. The van der Waals surface area contributed by atoms with Crippen LogP contribution in [-0.4, -0.2) is 37.6 Å². The largest absolute Gasteiger partial charge is 0.375 e. The van der Waals surface area contributed by atoms with E-state index in [0.29, 0.717) is 24.4 Å². The highest BCUT2D eigenvalue weighted by Crippen LogP contribution is 2.39. The summed E-state index contributed by atoms with van der Waals surface area (Å²) in [5.41, 5.74) is 0. The van der Waals surface area contributed by atoms with Gasteiger partial charge in [-0.15, -0.1) is 0 Å². The SMILES string of the molecule is C1OC1COC1CC2OC2C1. The summed E-state index contributed by atoms with van der Waals surface area (Å²) >= 11 is 0. The minimum absolute atomic E-state index is 0.410. The number of hydrogen-bond donors (Lipinski definition) is 0. The molecule has 0 N–H and O–H groups in total. The maximum Gasteiger partial charge on any atom is 0.104 e. The van der Waals surface area contributed by atoms with E-state index in [-0.39, 0.29) is 0 Å². The summed E-state index contributed by atoms with van der Waals surface area (Å²) in [6.45, 7) is 1.69. The zero-order valence-electron chi connectivity index (χ0n) is 6.36. The first kappa shape index (κ1) is 6.40. The minimum atomic E-state index is 0.410. The Morgan fingerprint density at radius 2 is 2.00 bits per heavy atom. The van der Waals surface area contributed by atoms with Crippen LogP contribution in [0.3, 0.4) is 0 Å². The van der Waals surface area contributed by atoms with E-state index in [4.69, 9.17) is 14.2 Å². The van der Waals surface area contributed by atoms with Gasteiger partial charge in [0.05, 0.1) is 31.5 Å². The van der Waals surface area contributed by atoms with Gasteiger partial charge in [0.2, 0.25) is 0 Å². The summed E-state index contributed by atoms with van der Waals surface area (Å²) < 4.78 is 16.0. The lowest BCUT2D eigenvalue weighted by atomic mass is 10.3. The Kier molecular flexibility index (Phi) is 1.27. The Labute approximate surface area is 65.6 Å². The Morgan fingerprint density at radius 3 is 2.64 bits per heavy atom. The number of hydrogen-bond acceptors (Lipinski definition) is 3. The summed E-state index contributed by atoms with van der Waals surface area (Å²) in [6.07, 6.45) is 4.17. The summed E-state index contributed by atoms with van der Waals surface area (Å²) in [4.78, 5) is 0. The van der Waals surface area contributed by atoms with Crippen LogP contribution in [0.4, 0.5) is 0 Å². The van der Waals surface area contributed by atoms with Crippen LogP contribution in [0.5, 0.6) is 0 Å². The summed E-state index contributed by atoms with van der Waals surface area (Å²) in [6, 6.07) is 0. The molecule has 3 unspecified atom stereocenters. The quantitative estimate of drug-likeness (QED) is 0.552. The fourth-order valence-corrected chi connectivity index (χ4v) is 1.75. The molecule has 3 fully saturated rings. The van der Waals surface area contributed by atoms with Crippen molar-refractivity contribution in [3.63, 3.8) is 0 Å². The lowest BCUT2D eigenvalue weighted by Crippen LogP contribution is -2.15. The van der Waals surface area contributed by atoms with Crippen molar-refractivity contribution < 1.29 is 14.2 Å². The van der Waals surface area contributed by atoms with E-state index >= 15 is 0 Å². The molecule has 1 aliphatic carbocycles. The third-order valence-electron chi connectivity index (χ3n) is 2.60. The van der Waals surface area contributed by atoms with Crippen LogP contribution in [0, 0.1) is 0 Å². The maximum atomic E-state index is 5.62. The molecule has 0 aromatic rings. The van der Waals surface area contributed by atoms with E-state index in [1.54, 1.807) is 0 Å². The van der Waals surface area contributed by atoms with Crippen molar-refractivity contribution in [2.75, 3.05) is 13.2 Å². The number of rotatable bonds is 3. The van der Waals surface area contributed by atoms with Crippen molar-refractivity contribution in [2.45, 2.75) is 37.3 Å². The van der Waals surface area contributed by atoms with Crippen molar-refractivity contribution in [1.29, 1.82) is 0 Å². The first-order valence-corrected chi connectivity index (χ1v) is 4.30. The molecule has 0 spiro atoms. The maximum absolute atomic E-state index is 5.62. The smallest absolute Gasteiger partial charge is 0.104 e. The molecular weight excluding hydrogens is 144 g/mol. The topological polar surface area (TPSA) is 34.3 Å². The lowest BCUT2D eigenvalue weighted by molar-refractivity contribution is 0.0248. The Morgan fingerprint density at radius 1 is 1.27 bits per heavy atom. The second-order valence-corrected chi connectivity index (χ2v) is 3.60. The van der Waals surface area contributed by atoms with Crippen molar-refractivity contribution in [3.05, 3.63) is 0 Å². The van der Waals surface area contributed by atoms with Gasteiger partial charge in [-0.05, 0) is 0 Å². The molecule has 0 aromatic heterocycles. The molecule has 2 aliphatic heterocycles. The Bertz CT molecular complexity index is 157. The summed E-state index contributed by atoms with van der Waals surface area (Å²) in [5.74, 6) is 0. The van der Waals surface area contributed by atoms with E-state index in [2.05, 4.69) is 0 Å². The van der Waals surface area contributed by atoms with Gasteiger partial charge in [0, 0.05) is 12.8 Å². The van der Waals surface area contributed by atoms with Crippen LogP contribution in [0.2, 0.25) is 0 Å². The van der Waals surface area contributed by atoms with Crippen LogP contribution in [-0.2, 0) is 14.2 Å². The van der Waals surface area contributed by atoms with Gasteiger partial charge in [-0.1, -0.05) is 0 Å². The lowest BCUT2D eigenvalue weighted by Gasteiger charge is -2.10. The average Bonchev–Trinajstić information content (AvgIpc) is 2.90. The van der Waals surface area contributed by atoms with Gasteiger partial charge in [0.1, 0.15) is 6.10 Å². The Balaban J connectivity index is 1.42. The van der Waals surface area contributed by atoms with Crippen molar-refractivity contribution in [1.82, 2.24) is 0 Å². The van der Waals surface area contributed by atoms with Crippen LogP contribution in [0.25, 0.3) is 0 Å². The van der Waals surface area contributed by atoms with Gasteiger partial charge in [0.15, 0.2) is 0 Å². The molecule has 62 valence electrons. The van der Waals surface area contributed by atoms with Crippen molar-refractivity contribution in [2.24, 2.45) is 0 Å². The Hall–Kier alpha value is -0.120. The van der Waals surface area contributed by atoms with Gasteiger partial charge in [-0.2, -0.15) is 0 Å². The molecule has 3 aliphatic rings. The molecule has 0 radical (unpaired) electrons. The minimum Gasteiger partial charge on any atom is -0.375 e. The predicted octanol–water partition coefficient (Wildman–Crippen LogP) is 0.332. The van der Waals surface area contributed by atoms with Crippen molar-refractivity contribution in [3.8, 4) is 0 Å². The highest BCUT2D eigenvalue weighted by atomic mass is 16.6. The van der Waals surface area contributed by atoms with Crippen molar-refractivity contribution >= 4 is 0 Å². The fraction of sp³-hybridized carbons (Fsp3) is 1.00. The van der Waals surface area contributed by atoms with Gasteiger partial charge in [-0.25, -0.2) is 0 Å². The molecule has 3 nitrogen and oxygen atoms in total. The molecule has 0 aromatic carbocycles. The summed E-state index contributed by atoms with van der Waals surface area (Å²) in [5, 5.41) is 0. The third-order valence-corrected chi connectivity index (χ3v) is 2.60. The van der Waals surface area contributed by atoms with E-state index in [1.807, 2.05) is 0 Å². The summed E-state index contributed by atoms with van der Waals surface area (Å²) in [7, 11) is 0. The molecule has 3 atom stereocenters. The zero-order chi connectivity index (χ0) is 7.26. The third kappa shape index (κ3) is 1.28. The number of ether oxygens (including phenoxy) is 3. The fourth-order valence-electron chi connectivity index (χ4n) is 1.75. The molecule has 3 heteroatoms. The van der Waals surface area contributed by atoms with E-state index in [1.165, 1.54) is 0 Å². The van der Waals surface area contributed by atoms with Gasteiger partial charge in [0.25, 0.3) is 0 Å². The van der Waals surface area contributed by atoms with E-state index < -0.39 is 0 Å². The van der Waals surface area contributed by atoms with E-state index in [9.17, 15) is 0 Å². The second-order valence-electron chi connectivity index (χ2n) is 3.60. The first-order chi connectivity index (χ1) is 5.42. The van der Waals surface area contributed by atoms with Crippen LogP contribution >= 0.6 is 0 Å². The molecule has 2 saturated heterocycles. The normalized spacial score (nSPS) is 52.4. The highest BCUT2D eigenvalue weighted by molar-refractivity contribution is 4.96. The first-order valence-electron chi connectivity index (χ1n) is 4.30. The van der Waals surface area contributed by atoms with Crippen LogP contribution in [0.15, 0.2) is 0 Å². The number of epoxide rings is 2. The van der Waals surface area contributed by atoms with Gasteiger partial charge < -0.3 is 14.2 Å². The molecule has 1 saturated carbocycles. The van der Waals surface area contributed by atoms with Crippen LogP contribution < -0.4 is 0 Å². The molecule has 3 rings (SSSR count). The molecule has 0 amide bonds. The van der Waals surface area contributed by atoms with Crippen LogP contribution in [0.1, 0.15) is 12.8 Å². The predicted molar refractivity (Wildman–Crippen MR) is 37.4 cm³/mol. The average molecular weight is 156 g/mol. The molecule has 11 heavy (non-hydrogen) atoms. The molecule has 0 bridgehead atoms. The van der Waals surface area contributed by atoms with Gasteiger partial charge in [-0.3, -0.25) is 0 Å². The zero-order valence-corrected chi connectivity index (χ0v) is 6.36. The second kappa shape index (κ2) is 2.19. The highest BCUT2D eigenvalue weighted by Gasteiger charge is 2.48. The molecule has 2 heterocycles.